The van der Waals surface area contributed by atoms with Crippen molar-refractivity contribution in [3.63, 3.8) is 0 Å². The summed E-state index contributed by atoms with van der Waals surface area (Å²) in [6, 6.07) is 0.463. The highest BCUT2D eigenvalue weighted by Gasteiger charge is 2.35. The van der Waals surface area contributed by atoms with Crippen LogP contribution in [0.2, 0.25) is 0 Å². The minimum absolute atomic E-state index is 0.249. The van der Waals surface area contributed by atoms with Crippen LogP contribution in [0.4, 0.5) is 0 Å². The molecule has 5 atom stereocenters. The fourth-order valence-corrected chi connectivity index (χ4v) is 3.35. The van der Waals surface area contributed by atoms with Crippen LogP contribution < -0.4 is 5.32 Å². The van der Waals surface area contributed by atoms with Crippen molar-refractivity contribution >= 4 is 0 Å². The van der Waals surface area contributed by atoms with Crippen molar-refractivity contribution < 1.29 is 9.47 Å². The van der Waals surface area contributed by atoms with Crippen LogP contribution in [0, 0.1) is 17.8 Å². The predicted molar refractivity (Wildman–Crippen MR) is 69.1 cm³/mol. The molecule has 1 saturated heterocycles. The van der Waals surface area contributed by atoms with Crippen LogP contribution in [0.15, 0.2) is 0 Å². The summed E-state index contributed by atoms with van der Waals surface area (Å²) in [5.74, 6) is 2.47. The average Bonchev–Trinajstić information content (AvgIpc) is 2.36. The molecule has 2 rings (SSSR count). The maximum absolute atomic E-state index is 5.86. The van der Waals surface area contributed by atoms with E-state index < -0.39 is 0 Å². The van der Waals surface area contributed by atoms with Gasteiger partial charge in [0.05, 0.1) is 25.9 Å². The van der Waals surface area contributed by atoms with E-state index in [9.17, 15) is 0 Å². The second-order valence-electron chi connectivity index (χ2n) is 5.83. The number of likely N-dealkylation sites (N-methyl/N-ethyl adjacent to an activating group) is 1. The Kier molecular flexibility index (Phi) is 4.83. The molecule has 100 valence electrons. The standard InChI is InChI=1S/C14H27NO2/c1-10-4-5-12(8-11(10)2)14(15-3)13-9-16-6-7-17-13/h10-15H,4-9H2,1-3H3. The van der Waals surface area contributed by atoms with E-state index in [2.05, 4.69) is 26.2 Å². The molecule has 0 spiro atoms. The molecule has 3 heteroatoms. The van der Waals surface area contributed by atoms with Crippen LogP contribution in [0.1, 0.15) is 33.1 Å². The molecule has 0 aromatic heterocycles. The highest BCUT2D eigenvalue weighted by molar-refractivity contribution is 4.88. The van der Waals surface area contributed by atoms with Gasteiger partial charge in [-0.05, 0) is 37.6 Å². The molecule has 3 nitrogen and oxygen atoms in total. The van der Waals surface area contributed by atoms with Crippen molar-refractivity contribution in [3.8, 4) is 0 Å². The number of nitrogens with one attached hydrogen (secondary N) is 1. The SMILES string of the molecule is CNC(C1CCC(C)C(C)C1)C1COCCO1. The highest BCUT2D eigenvalue weighted by Crippen LogP contribution is 2.36. The van der Waals surface area contributed by atoms with Gasteiger partial charge in [-0.15, -0.1) is 0 Å². The molecule has 1 aliphatic heterocycles. The number of hydrogen-bond donors (Lipinski definition) is 1. The van der Waals surface area contributed by atoms with Gasteiger partial charge in [-0.3, -0.25) is 0 Å². The molecule has 1 N–H and O–H groups in total. The molecule has 5 unspecified atom stereocenters. The molecule has 2 aliphatic rings. The van der Waals surface area contributed by atoms with Gasteiger partial charge < -0.3 is 14.8 Å². The van der Waals surface area contributed by atoms with E-state index in [0.717, 1.165) is 37.6 Å². The summed E-state index contributed by atoms with van der Waals surface area (Å²) in [4.78, 5) is 0. The molecule has 1 heterocycles. The van der Waals surface area contributed by atoms with Crippen LogP contribution in [0.5, 0.6) is 0 Å². The van der Waals surface area contributed by atoms with Gasteiger partial charge in [0.2, 0.25) is 0 Å². The third-order valence-electron chi connectivity index (χ3n) is 4.72. The Labute approximate surface area is 105 Å². The molecule has 0 radical (unpaired) electrons. The van der Waals surface area contributed by atoms with Crippen molar-refractivity contribution in [1.29, 1.82) is 0 Å². The van der Waals surface area contributed by atoms with E-state index in [-0.39, 0.29) is 6.10 Å². The predicted octanol–water partition coefficient (Wildman–Crippen LogP) is 2.06. The third-order valence-corrected chi connectivity index (χ3v) is 4.72. The van der Waals surface area contributed by atoms with Crippen molar-refractivity contribution in [2.24, 2.45) is 17.8 Å². The molecule has 0 bridgehead atoms. The molecule has 0 aromatic carbocycles. The summed E-state index contributed by atoms with van der Waals surface area (Å²) in [5.41, 5.74) is 0. The summed E-state index contributed by atoms with van der Waals surface area (Å²) >= 11 is 0. The monoisotopic (exact) mass is 241 g/mol. The maximum Gasteiger partial charge on any atom is 0.0964 e. The largest absolute Gasteiger partial charge is 0.376 e. The van der Waals surface area contributed by atoms with Crippen molar-refractivity contribution in [2.45, 2.75) is 45.3 Å². The van der Waals surface area contributed by atoms with Gasteiger partial charge in [0.15, 0.2) is 0 Å². The van der Waals surface area contributed by atoms with E-state index in [1.54, 1.807) is 0 Å². The van der Waals surface area contributed by atoms with E-state index in [1.165, 1.54) is 19.3 Å². The molecule has 0 amide bonds. The lowest BCUT2D eigenvalue weighted by atomic mass is 9.72. The first-order valence-corrected chi connectivity index (χ1v) is 7.09. The van der Waals surface area contributed by atoms with Crippen LogP contribution in [0.25, 0.3) is 0 Å². The van der Waals surface area contributed by atoms with Crippen LogP contribution in [-0.4, -0.2) is 39.0 Å². The van der Waals surface area contributed by atoms with Crippen molar-refractivity contribution in [3.05, 3.63) is 0 Å². The highest BCUT2D eigenvalue weighted by atomic mass is 16.6. The first-order valence-electron chi connectivity index (χ1n) is 7.09. The van der Waals surface area contributed by atoms with Crippen LogP contribution >= 0.6 is 0 Å². The minimum Gasteiger partial charge on any atom is -0.376 e. The van der Waals surface area contributed by atoms with E-state index in [4.69, 9.17) is 9.47 Å². The van der Waals surface area contributed by atoms with Crippen molar-refractivity contribution in [1.82, 2.24) is 5.32 Å². The Bertz CT molecular complexity index is 228. The zero-order chi connectivity index (χ0) is 12.3. The quantitative estimate of drug-likeness (QED) is 0.820. The molecular weight excluding hydrogens is 214 g/mol. The van der Waals surface area contributed by atoms with Gasteiger partial charge in [0, 0.05) is 6.04 Å². The van der Waals surface area contributed by atoms with E-state index >= 15 is 0 Å². The minimum atomic E-state index is 0.249. The lowest BCUT2D eigenvalue weighted by Crippen LogP contribution is -2.50. The third kappa shape index (κ3) is 3.21. The molecular formula is C14H27NO2. The lowest BCUT2D eigenvalue weighted by molar-refractivity contribution is -0.111. The Morgan fingerprint density at radius 2 is 1.94 bits per heavy atom. The zero-order valence-corrected chi connectivity index (χ0v) is 11.4. The molecule has 1 aliphatic carbocycles. The van der Waals surface area contributed by atoms with Gasteiger partial charge in [-0.2, -0.15) is 0 Å². The topological polar surface area (TPSA) is 30.5 Å². The Morgan fingerprint density at radius 3 is 2.53 bits per heavy atom. The Hall–Kier alpha value is -0.120. The summed E-state index contributed by atoms with van der Waals surface area (Å²) < 4.78 is 11.4. The Balaban J connectivity index is 1.93. The van der Waals surface area contributed by atoms with Gasteiger partial charge in [-0.1, -0.05) is 20.3 Å². The van der Waals surface area contributed by atoms with Gasteiger partial charge in [0.25, 0.3) is 0 Å². The van der Waals surface area contributed by atoms with E-state index in [1.807, 2.05) is 0 Å². The Morgan fingerprint density at radius 1 is 1.12 bits per heavy atom. The number of hydrogen-bond acceptors (Lipinski definition) is 3. The second kappa shape index (κ2) is 6.17. The number of rotatable bonds is 3. The van der Waals surface area contributed by atoms with Gasteiger partial charge in [-0.25, -0.2) is 0 Å². The molecule has 0 aromatic rings. The molecule has 1 saturated carbocycles. The normalized spacial score (nSPS) is 41.1. The van der Waals surface area contributed by atoms with Gasteiger partial charge in [0.1, 0.15) is 0 Å². The average molecular weight is 241 g/mol. The number of ether oxygens (including phenoxy) is 2. The summed E-state index contributed by atoms with van der Waals surface area (Å²) in [5, 5.41) is 3.47. The second-order valence-corrected chi connectivity index (χ2v) is 5.83. The molecule has 17 heavy (non-hydrogen) atoms. The van der Waals surface area contributed by atoms with Crippen molar-refractivity contribution in [2.75, 3.05) is 26.9 Å². The first-order chi connectivity index (χ1) is 8.22. The summed E-state index contributed by atoms with van der Waals surface area (Å²) in [7, 11) is 2.06. The smallest absolute Gasteiger partial charge is 0.0964 e. The molecule has 2 fully saturated rings. The summed E-state index contributed by atoms with van der Waals surface area (Å²) in [6.07, 6.45) is 4.26. The van der Waals surface area contributed by atoms with Crippen LogP contribution in [-0.2, 0) is 9.47 Å². The maximum atomic E-state index is 5.86. The zero-order valence-electron chi connectivity index (χ0n) is 11.4. The first kappa shape index (κ1) is 13.3. The fraction of sp³-hybridized carbons (Fsp3) is 1.00. The van der Waals surface area contributed by atoms with Gasteiger partial charge >= 0.3 is 0 Å². The summed E-state index contributed by atoms with van der Waals surface area (Å²) in [6.45, 7) is 7.04. The van der Waals surface area contributed by atoms with Crippen LogP contribution in [0.3, 0.4) is 0 Å². The fourth-order valence-electron chi connectivity index (χ4n) is 3.35. The van der Waals surface area contributed by atoms with E-state index in [0.29, 0.717) is 6.04 Å². The lowest BCUT2D eigenvalue weighted by Gasteiger charge is -2.40.